The van der Waals surface area contributed by atoms with Crippen LogP contribution in [0.15, 0.2) is 53.4 Å². The lowest BCUT2D eigenvalue weighted by Crippen LogP contribution is -2.21. The van der Waals surface area contributed by atoms with Crippen molar-refractivity contribution in [3.8, 4) is 11.5 Å². The summed E-state index contributed by atoms with van der Waals surface area (Å²) in [5, 5.41) is 0.356. The van der Waals surface area contributed by atoms with E-state index in [1.807, 2.05) is 26.0 Å². The maximum absolute atomic E-state index is 15.1. The number of thioether (sulfide) groups is 1. The summed E-state index contributed by atoms with van der Waals surface area (Å²) in [6, 6.07) is 16.3. The van der Waals surface area contributed by atoms with Gasteiger partial charge >= 0.3 is 0 Å². The lowest BCUT2D eigenvalue weighted by molar-refractivity contribution is 0.353. The monoisotopic (exact) mass is 447 g/mol. The third kappa shape index (κ3) is 4.57. The van der Waals surface area contributed by atoms with E-state index in [0.717, 1.165) is 5.56 Å². The fourth-order valence-electron chi connectivity index (χ4n) is 3.21. The number of benzene rings is 3. The summed E-state index contributed by atoms with van der Waals surface area (Å²) < 4.78 is 39.7. The van der Waals surface area contributed by atoms with E-state index in [2.05, 4.69) is 6.07 Å². The minimum absolute atomic E-state index is 0.292. The summed E-state index contributed by atoms with van der Waals surface area (Å²) in [6.45, 7) is 3.87. The van der Waals surface area contributed by atoms with Gasteiger partial charge in [0, 0.05) is 26.6 Å². The van der Waals surface area contributed by atoms with Crippen LogP contribution in [0, 0.1) is 17.7 Å². The number of rotatable bonds is 7. The number of ether oxygens (including phenoxy) is 2. The van der Waals surface area contributed by atoms with Crippen molar-refractivity contribution in [2.45, 2.75) is 29.9 Å². The van der Waals surface area contributed by atoms with Crippen molar-refractivity contribution in [3.05, 3.63) is 87.9 Å². The lowest BCUT2D eigenvalue weighted by Gasteiger charge is -2.27. The first-order valence-electron chi connectivity index (χ1n) is 9.27. The van der Waals surface area contributed by atoms with Crippen LogP contribution in [-0.2, 0) is 11.2 Å². The van der Waals surface area contributed by atoms with E-state index in [1.54, 1.807) is 38.5 Å². The van der Waals surface area contributed by atoms with Crippen LogP contribution in [0.25, 0.3) is 0 Å². The van der Waals surface area contributed by atoms with Crippen LogP contribution in [0.1, 0.15) is 30.5 Å². The molecule has 3 rings (SSSR count). The molecule has 0 heterocycles. The smallest absolute Gasteiger partial charge is 0.161 e. The van der Waals surface area contributed by atoms with Gasteiger partial charge in [-0.15, -0.1) is 11.8 Å². The number of hydrogen-bond acceptors (Lipinski definition) is 3. The molecular formula is C24H22ClF2O2S. The zero-order chi connectivity index (χ0) is 21.9. The normalized spacial score (nSPS) is 11.4. The van der Waals surface area contributed by atoms with Gasteiger partial charge in [0.1, 0.15) is 11.6 Å². The van der Waals surface area contributed by atoms with Crippen LogP contribution in [0.4, 0.5) is 8.78 Å². The van der Waals surface area contributed by atoms with Gasteiger partial charge in [-0.1, -0.05) is 37.6 Å². The molecule has 0 aromatic heterocycles. The third-order valence-corrected chi connectivity index (χ3v) is 6.42. The Labute approximate surface area is 185 Å². The summed E-state index contributed by atoms with van der Waals surface area (Å²) in [5.74, 6) is 0.765. The first-order valence-corrected chi connectivity index (χ1v) is 10.6. The van der Waals surface area contributed by atoms with Gasteiger partial charge in [-0.05, 0) is 53.6 Å². The van der Waals surface area contributed by atoms with Crippen molar-refractivity contribution in [1.82, 2.24) is 0 Å². The predicted molar refractivity (Wildman–Crippen MR) is 118 cm³/mol. The van der Waals surface area contributed by atoms with E-state index in [0.29, 0.717) is 38.3 Å². The molecule has 0 spiro atoms. The van der Waals surface area contributed by atoms with Crippen LogP contribution in [0.3, 0.4) is 0 Å². The van der Waals surface area contributed by atoms with E-state index < -0.39 is 5.41 Å². The summed E-state index contributed by atoms with van der Waals surface area (Å²) in [6.07, 6.45) is 0. The molecule has 0 aliphatic rings. The molecule has 0 atom stereocenters. The van der Waals surface area contributed by atoms with Crippen molar-refractivity contribution in [1.29, 1.82) is 0 Å². The standard InChI is InChI=1S/C24H22ClF2O2S/c1-24(2,15-8-11-22(28-3)23(12-15)29-4)18-10-9-16(13-21(18)27)30-14-17-19(25)6-5-7-20(17)26/h5-8,10-13H,14H2,1-4H3. The molecule has 0 aliphatic carbocycles. The molecular weight excluding hydrogens is 426 g/mol. The highest BCUT2D eigenvalue weighted by Gasteiger charge is 2.28. The van der Waals surface area contributed by atoms with Gasteiger partial charge in [0.2, 0.25) is 0 Å². The van der Waals surface area contributed by atoms with Crippen LogP contribution in [0.2, 0.25) is 5.02 Å². The molecule has 2 nitrogen and oxygen atoms in total. The van der Waals surface area contributed by atoms with Gasteiger partial charge in [0.25, 0.3) is 0 Å². The summed E-state index contributed by atoms with van der Waals surface area (Å²) in [5.41, 5.74) is 1.15. The molecule has 30 heavy (non-hydrogen) atoms. The van der Waals surface area contributed by atoms with Crippen LogP contribution < -0.4 is 9.47 Å². The minimum Gasteiger partial charge on any atom is -0.493 e. The molecule has 157 valence electrons. The Balaban J connectivity index is 1.85. The molecule has 6 heteroatoms. The maximum Gasteiger partial charge on any atom is 0.161 e. The maximum atomic E-state index is 15.1. The first kappa shape index (κ1) is 22.4. The number of hydrogen-bond donors (Lipinski definition) is 0. The van der Waals surface area contributed by atoms with Crippen molar-refractivity contribution < 1.29 is 18.3 Å². The molecule has 0 amide bonds. The second-order valence-electron chi connectivity index (χ2n) is 7.24. The first-order chi connectivity index (χ1) is 14.3. The molecule has 0 aliphatic heterocycles. The van der Waals surface area contributed by atoms with Gasteiger partial charge < -0.3 is 9.47 Å². The molecule has 0 fully saturated rings. The Kier molecular flexibility index (Phi) is 6.94. The molecule has 0 N–H and O–H groups in total. The number of halogens is 3. The predicted octanol–water partition coefficient (Wildman–Crippen LogP) is 7.05. The summed E-state index contributed by atoms with van der Waals surface area (Å²) in [7, 11) is 3.14. The highest BCUT2D eigenvalue weighted by molar-refractivity contribution is 7.98. The Hall–Kier alpha value is -2.24. The van der Waals surface area contributed by atoms with Crippen LogP contribution in [-0.4, -0.2) is 14.2 Å². The number of methoxy groups -OCH3 is 2. The summed E-state index contributed by atoms with van der Waals surface area (Å²) >= 11 is 7.36. The minimum atomic E-state index is -0.627. The molecule has 0 unspecified atom stereocenters. The highest BCUT2D eigenvalue weighted by atomic mass is 35.5. The SMILES string of the molecule is COc1ccc(C(C)(C)c2c[c]c(SCc3c(F)cccc3Cl)cc2F)cc1OC. The summed E-state index contributed by atoms with van der Waals surface area (Å²) in [4.78, 5) is 0.582. The van der Waals surface area contributed by atoms with E-state index in [-0.39, 0.29) is 11.6 Å². The van der Waals surface area contributed by atoms with E-state index in [4.69, 9.17) is 21.1 Å². The third-order valence-electron chi connectivity index (χ3n) is 5.09. The topological polar surface area (TPSA) is 18.5 Å². The van der Waals surface area contributed by atoms with E-state index in [9.17, 15) is 4.39 Å². The van der Waals surface area contributed by atoms with Gasteiger partial charge in [-0.2, -0.15) is 0 Å². The fourth-order valence-corrected chi connectivity index (χ4v) is 4.44. The van der Waals surface area contributed by atoms with Gasteiger partial charge in [-0.3, -0.25) is 0 Å². The Morgan fingerprint density at radius 3 is 2.37 bits per heavy atom. The molecule has 3 aromatic rings. The second kappa shape index (κ2) is 9.27. The van der Waals surface area contributed by atoms with Crippen LogP contribution >= 0.6 is 23.4 Å². The fraction of sp³-hybridized carbons (Fsp3) is 0.250. The average molecular weight is 448 g/mol. The van der Waals surface area contributed by atoms with E-state index in [1.165, 1.54) is 23.9 Å². The largest absolute Gasteiger partial charge is 0.493 e. The molecule has 0 saturated heterocycles. The van der Waals surface area contributed by atoms with Crippen molar-refractivity contribution in [3.63, 3.8) is 0 Å². The molecule has 0 saturated carbocycles. The Morgan fingerprint density at radius 1 is 1.00 bits per heavy atom. The van der Waals surface area contributed by atoms with Gasteiger partial charge in [0.05, 0.1) is 14.2 Å². The Morgan fingerprint density at radius 2 is 1.73 bits per heavy atom. The zero-order valence-electron chi connectivity index (χ0n) is 17.2. The second-order valence-corrected chi connectivity index (χ2v) is 8.67. The lowest BCUT2D eigenvalue weighted by atomic mass is 9.78. The van der Waals surface area contributed by atoms with Gasteiger partial charge in [-0.25, -0.2) is 8.78 Å². The molecule has 1 radical (unpaired) electrons. The Bertz CT molecular complexity index is 1030. The quantitative estimate of drug-likeness (QED) is 0.361. The molecule has 0 bridgehead atoms. The molecule has 3 aromatic carbocycles. The van der Waals surface area contributed by atoms with Crippen LogP contribution in [0.5, 0.6) is 11.5 Å². The van der Waals surface area contributed by atoms with Crippen molar-refractivity contribution >= 4 is 23.4 Å². The van der Waals surface area contributed by atoms with Gasteiger partial charge in [0.15, 0.2) is 11.5 Å². The van der Waals surface area contributed by atoms with E-state index >= 15 is 4.39 Å². The van der Waals surface area contributed by atoms with Crippen molar-refractivity contribution in [2.24, 2.45) is 0 Å². The highest BCUT2D eigenvalue weighted by Crippen LogP contribution is 2.39. The van der Waals surface area contributed by atoms with Crippen molar-refractivity contribution in [2.75, 3.05) is 14.2 Å². The zero-order valence-corrected chi connectivity index (χ0v) is 18.8. The average Bonchev–Trinajstić information content (AvgIpc) is 2.72.